The van der Waals surface area contributed by atoms with E-state index >= 15 is 0 Å². The fraction of sp³-hybridized carbons (Fsp3) is 0.150. The Morgan fingerprint density at radius 2 is 1.46 bits per heavy atom. The third-order valence-electron chi connectivity index (χ3n) is 4.11. The molecule has 0 aliphatic heterocycles. The zero-order chi connectivity index (χ0) is 20.1. The molecule has 0 aliphatic rings. The Balaban J connectivity index is 1.65. The van der Waals surface area contributed by atoms with Crippen molar-refractivity contribution in [2.75, 3.05) is 0 Å². The lowest BCUT2D eigenvalue weighted by atomic mass is 10.2. The molecule has 0 unspecified atom stereocenters. The largest absolute Gasteiger partial charge is 0.350 e. The molecule has 0 saturated heterocycles. The van der Waals surface area contributed by atoms with Crippen LogP contribution in [0.4, 0.5) is 4.39 Å². The highest BCUT2D eigenvalue weighted by Gasteiger charge is 2.09. The van der Waals surface area contributed by atoms with Crippen LogP contribution in [0.2, 0.25) is 5.02 Å². The SMILES string of the molecule is O=C(Cn1ccn(Cc2ccc(Cl)cc2)c(=O)c1=O)NCc1ccc(F)cc1. The van der Waals surface area contributed by atoms with Gasteiger partial charge < -0.3 is 9.88 Å². The first-order valence-electron chi connectivity index (χ1n) is 8.48. The molecule has 1 amide bonds. The van der Waals surface area contributed by atoms with Crippen LogP contribution in [-0.2, 0) is 24.4 Å². The zero-order valence-corrected chi connectivity index (χ0v) is 15.5. The number of nitrogens with zero attached hydrogens (tertiary/aromatic N) is 2. The van der Waals surface area contributed by atoms with Crippen molar-refractivity contribution >= 4 is 17.5 Å². The van der Waals surface area contributed by atoms with Gasteiger partial charge in [-0.05, 0) is 35.4 Å². The van der Waals surface area contributed by atoms with Crippen LogP contribution in [0.15, 0.2) is 70.5 Å². The van der Waals surface area contributed by atoms with Crippen LogP contribution in [0.1, 0.15) is 11.1 Å². The van der Waals surface area contributed by atoms with E-state index in [1.165, 1.54) is 29.1 Å². The van der Waals surface area contributed by atoms with Crippen LogP contribution in [0.3, 0.4) is 0 Å². The molecule has 3 rings (SSSR count). The first-order valence-corrected chi connectivity index (χ1v) is 8.85. The van der Waals surface area contributed by atoms with Crippen LogP contribution in [0, 0.1) is 5.82 Å². The molecule has 8 heteroatoms. The molecule has 0 aliphatic carbocycles. The van der Waals surface area contributed by atoms with Crippen molar-refractivity contribution < 1.29 is 9.18 Å². The van der Waals surface area contributed by atoms with Gasteiger partial charge in [0.05, 0.1) is 6.54 Å². The minimum atomic E-state index is -0.784. The Kier molecular flexibility index (Phi) is 6.06. The van der Waals surface area contributed by atoms with E-state index in [1.807, 2.05) is 0 Å². The Morgan fingerprint density at radius 3 is 2.14 bits per heavy atom. The lowest BCUT2D eigenvalue weighted by molar-refractivity contribution is -0.121. The minimum Gasteiger partial charge on any atom is -0.350 e. The minimum absolute atomic E-state index is 0.196. The maximum atomic E-state index is 12.9. The van der Waals surface area contributed by atoms with Crippen molar-refractivity contribution in [3.63, 3.8) is 0 Å². The number of amides is 1. The highest BCUT2D eigenvalue weighted by Crippen LogP contribution is 2.09. The van der Waals surface area contributed by atoms with E-state index < -0.39 is 17.0 Å². The zero-order valence-electron chi connectivity index (χ0n) is 14.8. The summed E-state index contributed by atoms with van der Waals surface area (Å²) in [4.78, 5) is 36.6. The fourth-order valence-electron chi connectivity index (χ4n) is 2.59. The highest BCUT2D eigenvalue weighted by atomic mass is 35.5. The summed E-state index contributed by atoms with van der Waals surface area (Å²) in [5.41, 5.74) is 0.0401. The van der Waals surface area contributed by atoms with Gasteiger partial charge >= 0.3 is 11.1 Å². The highest BCUT2D eigenvalue weighted by molar-refractivity contribution is 6.30. The molecule has 28 heavy (non-hydrogen) atoms. The molecule has 3 aromatic rings. The van der Waals surface area contributed by atoms with Crippen LogP contribution in [-0.4, -0.2) is 15.0 Å². The van der Waals surface area contributed by atoms with Crippen molar-refractivity contribution in [3.8, 4) is 0 Å². The molecule has 0 fully saturated rings. The summed E-state index contributed by atoms with van der Waals surface area (Å²) >= 11 is 5.84. The van der Waals surface area contributed by atoms with Gasteiger partial charge in [0, 0.05) is 24.0 Å². The van der Waals surface area contributed by atoms with Gasteiger partial charge in [-0.3, -0.25) is 19.0 Å². The molecular formula is C20H17ClFN3O3. The van der Waals surface area contributed by atoms with Gasteiger partial charge in [0.2, 0.25) is 5.91 Å². The second-order valence-corrected chi connectivity index (χ2v) is 6.63. The molecule has 6 nitrogen and oxygen atoms in total. The van der Waals surface area contributed by atoms with Gasteiger partial charge in [-0.15, -0.1) is 0 Å². The van der Waals surface area contributed by atoms with Gasteiger partial charge in [-0.25, -0.2) is 4.39 Å². The first-order chi connectivity index (χ1) is 13.4. The predicted octanol–water partition coefficient (Wildman–Crippen LogP) is 2.17. The molecule has 1 heterocycles. The summed E-state index contributed by atoms with van der Waals surface area (Å²) in [5.74, 6) is -0.790. The second kappa shape index (κ2) is 8.67. The predicted molar refractivity (Wildman–Crippen MR) is 104 cm³/mol. The van der Waals surface area contributed by atoms with E-state index in [-0.39, 0.29) is 25.5 Å². The standard InChI is InChI=1S/C20H17ClFN3O3/c21-16-5-1-15(2-6-16)12-24-9-10-25(20(28)19(24)27)13-18(26)23-11-14-3-7-17(22)8-4-14/h1-10H,11-13H2,(H,23,26). The molecule has 1 aromatic heterocycles. The van der Waals surface area contributed by atoms with E-state index in [4.69, 9.17) is 11.6 Å². The smallest absolute Gasteiger partial charge is 0.316 e. The summed E-state index contributed by atoms with van der Waals surface area (Å²) in [6.07, 6.45) is 2.86. The lowest BCUT2D eigenvalue weighted by Gasteiger charge is -2.10. The summed E-state index contributed by atoms with van der Waals surface area (Å²) < 4.78 is 15.2. The van der Waals surface area contributed by atoms with Crippen molar-refractivity contribution in [1.82, 2.24) is 14.5 Å². The van der Waals surface area contributed by atoms with E-state index in [1.54, 1.807) is 36.4 Å². The number of rotatable bonds is 6. The van der Waals surface area contributed by atoms with Gasteiger partial charge in [0.15, 0.2) is 0 Å². The average Bonchev–Trinajstić information content (AvgIpc) is 2.69. The maximum absolute atomic E-state index is 12.9. The average molecular weight is 402 g/mol. The maximum Gasteiger partial charge on any atom is 0.316 e. The van der Waals surface area contributed by atoms with Crippen molar-refractivity contribution in [3.05, 3.63) is 104 Å². The molecule has 0 saturated carbocycles. The third kappa shape index (κ3) is 4.95. The number of hydrogen-bond acceptors (Lipinski definition) is 3. The van der Waals surface area contributed by atoms with Crippen LogP contribution < -0.4 is 16.4 Å². The van der Waals surface area contributed by atoms with Gasteiger partial charge in [-0.2, -0.15) is 0 Å². The van der Waals surface area contributed by atoms with Crippen LogP contribution >= 0.6 is 11.6 Å². The quantitative estimate of drug-likeness (QED) is 0.643. The van der Waals surface area contributed by atoms with Gasteiger partial charge in [0.25, 0.3) is 0 Å². The van der Waals surface area contributed by atoms with Gasteiger partial charge in [0.1, 0.15) is 12.4 Å². The van der Waals surface area contributed by atoms with Crippen LogP contribution in [0.5, 0.6) is 0 Å². The Bertz CT molecular complexity index is 1090. The fourth-order valence-corrected chi connectivity index (χ4v) is 2.72. The van der Waals surface area contributed by atoms with E-state index in [0.717, 1.165) is 15.7 Å². The van der Waals surface area contributed by atoms with Gasteiger partial charge in [-0.1, -0.05) is 35.9 Å². The van der Waals surface area contributed by atoms with E-state index in [2.05, 4.69) is 5.32 Å². The number of carbonyl (C=O) groups excluding carboxylic acids is 1. The molecule has 2 aromatic carbocycles. The molecule has 0 radical (unpaired) electrons. The Morgan fingerprint density at radius 1 is 0.893 bits per heavy atom. The number of carbonyl (C=O) groups is 1. The summed E-state index contributed by atoms with van der Waals surface area (Å²) in [6.45, 7) is 0.140. The van der Waals surface area contributed by atoms with Crippen molar-refractivity contribution in [1.29, 1.82) is 0 Å². The van der Waals surface area contributed by atoms with Crippen LogP contribution in [0.25, 0.3) is 0 Å². The summed E-state index contributed by atoms with van der Waals surface area (Å²) in [5, 5.41) is 3.21. The van der Waals surface area contributed by atoms with E-state index in [0.29, 0.717) is 5.02 Å². The molecular weight excluding hydrogens is 385 g/mol. The first kappa shape index (κ1) is 19.6. The van der Waals surface area contributed by atoms with Crippen molar-refractivity contribution in [2.45, 2.75) is 19.6 Å². The summed E-state index contributed by atoms with van der Waals surface area (Å²) in [7, 11) is 0. The Labute approximate surface area is 164 Å². The number of halogens is 2. The molecule has 144 valence electrons. The molecule has 0 bridgehead atoms. The second-order valence-electron chi connectivity index (χ2n) is 6.19. The number of benzene rings is 2. The topological polar surface area (TPSA) is 73.1 Å². The van der Waals surface area contributed by atoms with E-state index in [9.17, 15) is 18.8 Å². The summed E-state index contributed by atoms with van der Waals surface area (Å²) in [6, 6.07) is 12.6. The number of nitrogens with one attached hydrogen (secondary N) is 1. The van der Waals surface area contributed by atoms with Crippen molar-refractivity contribution in [2.24, 2.45) is 0 Å². The molecule has 0 atom stereocenters. The molecule has 0 spiro atoms. The Hall–Kier alpha value is -3.19. The monoisotopic (exact) mass is 401 g/mol. The normalized spacial score (nSPS) is 10.6. The third-order valence-corrected chi connectivity index (χ3v) is 4.37. The number of aromatic nitrogens is 2. The lowest BCUT2D eigenvalue weighted by Crippen LogP contribution is -2.43. The molecule has 1 N–H and O–H groups in total. The number of hydrogen-bond donors (Lipinski definition) is 1.